The van der Waals surface area contributed by atoms with Crippen LogP contribution in [0.15, 0.2) is 18.2 Å². The van der Waals surface area contributed by atoms with Gasteiger partial charge in [-0.25, -0.2) is 4.98 Å². The molecule has 3 heteroatoms. The highest BCUT2D eigenvalue weighted by Crippen LogP contribution is 2.23. The van der Waals surface area contributed by atoms with Crippen LogP contribution < -0.4 is 5.32 Å². The summed E-state index contributed by atoms with van der Waals surface area (Å²) in [5.74, 6) is 1.72. The number of anilines is 1. The van der Waals surface area contributed by atoms with Gasteiger partial charge < -0.3 is 5.32 Å². The molecule has 1 N–H and O–H groups in total. The third-order valence-corrected chi connectivity index (χ3v) is 3.22. The van der Waals surface area contributed by atoms with E-state index >= 15 is 0 Å². The van der Waals surface area contributed by atoms with E-state index in [4.69, 9.17) is 11.6 Å². The predicted octanol–water partition coefficient (Wildman–Crippen LogP) is 3.73. The van der Waals surface area contributed by atoms with Crippen molar-refractivity contribution in [2.24, 2.45) is 5.92 Å². The Morgan fingerprint density at radius 2 is 2.07 bits per heavy atom. The Bertz CT molecular complexity index is 308. The van der Waals surface area contributed by atoms with E-state index in [0.717, 1.165) is 18.3 Å². The first kappa shape index (κ1) is 10.7. The second-order valence-electron chi connectivity index (χ2n) is 4.23. The molecule has 2 nitrogen and oxygen atoms in total. The van der Waals surface area contributed by atoms with Gasteiger partial charge in [-0.2, -0.15) is 0 Å². The molecule has 0 bridgehead atoms. The molecule has 0 radical (unpaired) electrons. The molecule has 15 heavy (non-hydrogen) atoms. The molecule has 82 valence electrons. The Morgan fingerprint density at radius 3 is 2.80 bits per heavy atom. The monoisotopic (exact) mass is 224 g/mol. The summed E-state index contributed by atoms with van der Waals surface area (Å²) in [4.78, 5) is 4.21. The highest BCUT2D eigenvalue weighted by atomic mass is 35.5. The lowest BCUT2D eigenvalue weighted by Crippen LogP contribution is -2.17. The molecule has 1 heterocycles. The van der Waals surface area contributed by atoms with Crippen LogP contribution >= 0.6 is 11.6 Å². The van der Waals surface area contributed by atoms with Gasteiger partial charge in [0.25, 0.3) is 0 Å². The second kappa shape index (κ2) is 5.36. The fourth-order valence-electron chi connectivity index (χ4n) is 2.15. The van der Waals surface area contributed by atoms with Crippen molar-refractivity contribution in [2.45, 2.75) is 32.1 Å². The third kappa shape index (κ3) is 3.38. The van der Waals surface area contributed by atoms with Gasteiger partial charge in [-0.05, 0) is 30.9 Å². The van der Waals surface area contributed by atoms with Crippen molar-refractivity contribution in [2.75, 3.05) is 11.9 Å². The second-order valence-corrected chi connectivity index (χ2v) is 4.62. The van der Waals surface area contributed by atoms with Crippen LogP contribution in [0.3, 0.4) is 0 Å². The zero-order valence-corrected chi connectivity index (χ0v) is 9.63. The number of rotatable bonds is 3. The lowest BCUT2D eigenvalue weighted by Gasteiger charge is -2.21. The molecule has 1 aromatic rings. The normalized spacial score (nSPS) is 17.7. The molecule has 1 fully saturated rings. The summed E-state index contributed by atoms with van der Waals surface area (Å²) in [6.45, 7) is 1.04. The van der Waals surface area contributed by atoms with Crippen LogP contribution in [0, 0.1) is 5.92 Å². The van der Waals surface area contributed by atoms with Gasteiger partial charge in [-0.1, -0.05) is 36.9 Å². The molecule has 1 aliphatic rings. The quantitative estimate of drug-likeness (QED) is 0.792. The van der Waals surface area contributed by atoms with Crippen LogP contribution in [0.5, 0.6) is 0 Å². The maximum absolute atomic E-state index is 5.82. The van der Waals surface area contributed by atoms with Crippen LogP contribution in [0.2, 0.25) is 5.15 Å². The summed E-state index contributed by atoms with van der Waals surface area (Å²) in [7, 11) is 0. The van der Waals surface area contributed by atoms with E-state index in [0.29, 0.717) is 5.15 Å². The molecule has 0 aliphatic heterocycles. The van der Waals surface area contributed by atoms with Crippen LogP contribution in [-0.4, -0.2) is 11.5 Å². The van der Waals surface area contributed by atoms with Gasteiger partial charge >= 0.3 is 0 Å². The van der Waals surface area contributed by atoms with Gasteiger partial charge in [0.1, 0.15) is 11.0 Å². The number of halogens is 1. The smallest absolute Gasteiger partial charge is 0.131 e. The van der Waals surface area contributed by atoms with Crippen molar-refractivity contribution in [3.8, 4) is 0 Å². The van der Waals surface area contributed by atoms with E-state index in [9.17, 15) is 0 Å². The van der Waals surface area contributed by atoms with Crippen molar-refractivity contribution in [3.63, 3.8) is 0 Å². The summed E-state index contributed by atoms with van der Waals surface area (Å²) < 4.78 is 0. The Morgan fingerprint density at radius 1 is 1.27 bits per heavy atom. The average molecular weight is 225 g/mol. The van der Waals surface area contributed by atoms with E-state index in [1.54, 1.807) is 6.07 Å². The fraction of sp³-hybridized carbons (Fsp3) is 0.583. The number of aromatic nitrogens is 1. The number of pyridine rings is 1. The fourth-order valence-corrected chi connectivity index (χ4v) is 2.31. The minimum atomic E-state index is 0.559. The predicted molar refractivity (Wildman–Crippen MR) is 64.3 cm³/mol. The SMILES string of the molecule is Clc1cccc(NCC2CCCCC2)n1. The van der Waals surface area contributed by atoms with Gasteiger partial charge in [0.15, 0.2) is 0 Å². The molecule has 0 spiro atoms. The van der Waals surface area contributed by atoms with Crippen molar-refractivity contribution >= 4 is 17.4 Å². The summed E-state index contributed by atoms with van der Waals surface area (Å²) >= 11 is 5.82. The lowest BCUT2D eigenvalue weighted by atomic mass is 9.89. The van der Waals surface area contributed by atoms with E-state index in [2.05, 4.69) is 10.3 Å². The Balaban J connectivity index is 1.81. The minimum absolute atomic E-state index is 0.559. The van der Waals surface area contributed by atoms with E-state index in [1.165, 1.54) is 32.1 Å². The van der Waals surface area contributed by atoms with E-state index in [-0.39, 0.29) is 0 Å². The lowest BCUT2D eigenvalue weighted by molar-refractivity contribution is 0.373. The van der Waals surface area contributed by atoms with Crippen LogP contribution in [0.4, 0.5) is 5.82 Å². The molecule has 0 atom stereocenters. The number of hydrogen-bond acceptors (Lipinski definition) is 2. The minimum Gasteiger partial charge on any atom is -0.370 e. The summed E-state index contributed by atoms with van der Waals surface area (Å²) in [6, 6.07) is 5.70. The van der Waals surface area contributed by atoms with Gasteiger partial charge in [0.2, 0.25) is 0 Å². The first-order valence-electron chi connectivity index (χ1n) is 5.71. The maximum atomic E-state index is 5.82. The molecular formula is C12H17ClN2. The zero-order valence-electron chi connectivity index (χ0n) is 8.88. The molecule has 0 aromatic carbocycles. The molecule has 0 saturated heterocycles. The summed E-state index contributed by atoms with van der Waals surface area (Å²) in [5.41, 5.74) is 0. The zero-order chi connectivity index (χ0) is 10.5. The van der Waals surface area contributed by atoms with Crippen molar-refractivity contribution < 1.29 is 0 Å². The maximum Gasteiger partial charge on any atom is 0.131 e. The molecule has 0 unspecified atom stereocenters. The number of nitrogens with zero attached hydrogens (tertiary/aromatic N) is 1. The van der Waals surface area contributed by atoms with Gasteiger partial charge in [0.05, 0.1) is 0 Å². The molecule has 1 aromatic heterocycles. The Hall–Kier alpha value is -0.760. The van der Waals surface area contributed by atoms with E-state index in [1.807, 2.05) is 12.1 Å². The molecule has 2 rings (SSSR count). The van der Waals surface area contributed by atoms with Gasteiger partial charge in [-0.3, -0.25) is 0 Å². The van der Waals surface area contributed by atoms with Crippen LogP contribution in [-0.2, 0) is 0 Å². The summed E-state index contributed by atoms with van der Waals surface area (Å²) in [5, 5.41) is 3.92. The Labute approximate surface area is 96.1 Å². The summed E-state index contributed by atoms with van der Waals surface area (Å²) in [6.07, 6.45) is 6.89. The van der Waals surface area contributed by atoms with Gasteiger partial charge in [-0.15, -0.1) is 0 Å². The highest BCUT2D eigenvalue weighted by Gasteiger charge is 2.12. The third-order valence-electron chi connectivity index (χ3n) is 3.01. The average Bonchev–Trinajstić information content (AvgIpc) is 2.28. The number of nitrogens with one attached hydrogen (secondary N) is 1. The topological polar surface area (TPSA) is 24.9 Å². The van der Waals surface area contributed by atoms with E-state index < -0.39 is 0 Å². The van der Waals surface area contributed by atoms with Crippen molar-refractivity contribution in [3.05, 3.63) is 23.4 Å². The molecular weight excluding hydrogens is 208 g/mol. The van der Waals surface area contributed by atoms with Crippen LogP contribution in [0.25, 0.3) is 0 Å². The first-order chi connectivity index (χ1) is 7.34. The van der Waals surface area contributed by atoms with Gasteiger partial charge in [0, 0.05) is 6.54 Å². The molecule has 0 amide bonds. The molecule has 1 saturated carbocycles. The number of hydrogen-bond donors (Lipinski definition) is 1. The Kier molecular flexibility index (Phi) is 3.84. The first-order valence-corrected chi connectivity index (χ1v) is 6.09. The highest BCUT2D eigenvalue weighted by molar-refractivity contribution is 6.29. The largest absolute Gasteiger partial charge is 0.370 e. The van der Waals surface area contributed by atoms with Crippen molar-refractivity contribution in [1.29, 1.82) is 0 Å². The van der Waals surface area contributed by atoms with Crippen LogP contribution in [0.1, 0.15) is 32.1 Å². The standard InChI is InChI=1S/C12H17ClN2/c13-11-7-4-8-12(15-11)14-9-10-5-2-1-3-6-10/h4,7-8,10H,1-3,5-6,9H2,(H,14,15). The molecule has 1 aliphatic carbocycles. The van der Waals surface area contributed by atoms with Crippen molar-refractivity contribution in [1.82, 2.24) is 4.98 Å².